The third kappa shape index (κ3) is 3.33. The monoisotopic (exact) mass is 131 g/mol. The van der Waals surface area contributed by atoms with E-state index in [1.165, 1.54) is 6.92 Å². The van der Waals surface area contributed by atoms with Gasteiger partial charge in [-0.3, -0.25) is 4.79 Å². The minimum Gasteiger partial charge on any atom is -0.368 e. The molecule has 0 aromatic heterocycles. The second kappa shape index (κ2) is 2.91. The van der Waals surface area contributed by atoms with Gasteiger partial charge in [0.1, 0.15) is 6.04 Å². The van der Waals surface area contributed by atoms with Crippen LogP contribution < -0.4 is 16.8 Å². The molecule has 0 saturated heterocycles. The maximum Gasteiger partial charge on any atom is 0.312 e. The number of hydrogen-bond acceptors (Lipinski definition) is 2. The van der Waals surface area contributed by atoms with E-state index in [0.29, 0.717) is 0 Å². The molecule has 0 rings (SSSR count). The van der Waals surface area contributed by atoms with Gasteiger partial charge in [-0.1, -0.05) is 0 Å². The van der Waals surface area contributed by atoms with Crippen molar-refractivity contribution < 1.29 is 9.59 Å². The van der Waals surface area contributed by atoms with E-state index >= 15 is 0 Å². The fourth-order valence-corrected chi connectivity index (χ4v) is 0.285. The van der Waals surface area contributed by atoms with E-state index in [0.717, 1.165) is 0 Å². The highest BCUT2D eigenvalue weighted by Crippen LogP contribution is 1.75. The average molecular weight is 131 g/mol. The molecule has 0 aliphatic carbocycles. The van der Waals surface area contributed by atoms with Crippen LogP contribution in [0.2, 0.25) is 0 Å². The first kappa shape index (κ1) is 7.74. The molecule has 9 heavy (non-hydrogen) atoms. The van der Waals surface area contributed by atoms with Gasteiger partial charge in [0.25, 0.3) is 0 Å². The summed E-state index contributed by atoms with van der Waals surface area (Å²) in [6.07, 6.45) is 0. The smallest absolute Gasteiger partial charge is 0.312 e. The summed E-state index contributed by atoms with van der Waals surface area (Å²) in [5.41, 5.74) is 9.45. The topological polar surface area (TPSA) is 98.2 Å². The molecule has 1 atom stereocenters. The maximum absolute atomic E-state index is 10.2. The van der Waals surface area contributed by atoms with Crippen LogP contribution in [0.1, 0.15) is 6.92 Å². The minimum atomic E-state index is -0.749. The van der Waals surface area contributed by atoms with Crippen molar-refractivity contribution in [1.29, 1.82) is 0 Å². The summed E-state index contributed by atoms with van der Waals surface area (Å²) < 4.78 is 0. The zero-order chi connectivity index (χ0) is 7.44. The number of hydrogen-bond donors (Lipinski definition) is 3. The van der Waals surface area contributed by atoms with Gasteiger partial charge in [-0.05, 0) is 6.92 Å². The zero-order valence-corrected chi connectivity index (χ0v) is 5.05. The van der Waals surface area contributed by atoms with Gasteiger partial charge in [-0.25, -0.2) is 4.79 Å². The van der Waals surface area contributed by atoms with Gasteiger partial charge in [0.15, 0.2) is 0 Å². The normalized spacial score (nSPS) is 12.1. The predicted molar refractivity (Wildman–Crippen MR) is 31.4 cm³/mol. The Bertz CT molecular complexity index is 134. The van der Waals surface area contributed by atoms with Crippen LogP contribution in [0.15, 0.2) is 0 Å². The van der Waals surface area contributed by atoms with E-state index in [9.17, 15) is 9.59 Å². The summed E-state index contributed by atoms with van der Waals surface area (Å²) in [5.74, 6) is -0.603. The van der Waals surface area contributed by atoms with Crippen LogP contribution in [0.5, 0.6) is 0 Å². The first-order chi connectivity index (χ1) is 4.04. The van der Waals surface area contributed by atoms with Crippen molar-refractivity contribution in [2.75, 3.05) is 0 Å². The SMILES string of the molecule is C[C@@H](NC(N)=O)C(N)=O. The molecule has 5 nitrogen and oxygen atoms in total. The van der Waals surface area contributed by atoms with Crippen molar-refractivity contribution in [3.8, 4) is 0 Å². The summed E-state index contributed by atoms with van der Waals surface area (Å²) in [7, 11) is 0. The van der Waals surface area contributed by atoms with Gasteiger partial charge in [0.05, 0.1) is 0 Å². The minimum absolute atomic E-state index is 0.603. The molecule has 0 radical (unpaired) electrons. The molecule has 0 saturated carbocycles. The van der Waals surface area contributed by atoms with Gasteiger partial charge < -0.3 is 16.8 Å². The van der Waals surface area contributed by atoms with Crippen molar-refractivity contribution in [2.45, 2.75) is 13.0 Å². The second-order valence-electron chi connectivity index (χ2n) is 1.63. The number of amides is 3. The lowest BCUT2D eigenvalue weighted by Gasteiger charge is -2.05. The van der Waals surface area contributed by atoms with Crippen LogP contribution in [0.3, 0.4) is 0 Å². The predicted octanol–water partition coefficient (Wildman–Crippen LogP) is -1.47. The fourth-order valence-electron chi connectivity index (χ4n) is 0.285. The van der Waals surface area contributed by atoms with Crippen molar-refractivity contribution in [3.63, 3.8) is 0 Å². The van der Waals surface area contributed by atoms with Crippen LogP contribution >= 0.6 is 0 Å². The van der Waals surface area contributed by atoms with E-state index in [-0.39, 0.29) is 0 Å². The molecule has 0 aromatic carbocycles. The quantitative estimate of drug-likeness (QED) is 0.426. The number of nitrogens with two attached hydrogens (primary N) is 2. The third-order valence-corrected chi connectivity index (χ3v) is 0.786. The largest absolute Gasteiger partial charge is 0.368 e. The van der Waals surface area contributed by atoms with Crippen LogP contribution in [0, 0.1) is 0 Å². The van der Waals surface area contributed by atoms with Crippen molar-refractivity contribution in [1.82, 2.24) is 5.32 Å². The highest BCUT2D eigenvalue weighted by atomic mass is 16.2. The molecule has 0 unspecified atom stereocenters. The fraction of sp³-hybridized carbons (Fsp3) is 0.500. The standard InChI is InChI=1S/C4H9N3O2/c1-2(3(5)8)7-4(6)9/h2H,1H3,(H2,5,8)(H3,6,7,9)/t2-/m1/s1. The van der Waals surface area contributed by atoms with Crippen LogP contribution in [-0.2, 0) is 4.79 Å². The Labute approximate surface area is 52.4 Å². The Hall–Kier alpha value is -1.26. The molecule has 5 N–H and O–H groups in total. The van der Waals surface area contributed by atoms with Gasteiger partial charge in [0.2, 0.25) is 5.91 Å². The number of nitrogens with one attached hydrogen (secondary N) is 1. The average Bonchev–Trinajstić information content (AvgIpc) is 1.63. The first-order valence-electron chi connectivity index (χ1n) is 2.39. The molecule has 52 valence electrons. The lowest BCUT2D eigenvalue weighted by Crippen LogP contribution is -2.44. The second-order valence-corrected chi connectivity index (χ2v) is 1.63. The van der Waals surface area contributed by atoms with Crippen molar-refractivity contribution in [2.24, 2.45) is 11.5 Å². The zero-order valence-electron chi connectivity index (χ0n) is 5.05. The van der Waals surface area contributed by atoms with Gasteiger partial charge in [-0.15, -0.1) is 0 Å². The van der Waals surface area contributed by atoms with E-state index in [1.54, 1.807) is 0 Å². The summed E-state index contributed by atoms with van der Waals surface area (Å²) in [4.78, 5) is 20.2. The lowest BCUT2D eigenvalue weighted by atomic mass is 10.3. The molecular formula is C4H9N3O2. The summed E-state index contributed by atoms with van der Waals surface area (Å²) in [6, 6.07) is -1.44. The molecule has 5 heteroatoms. The van der Waals surface area contributed by atoms with E-state index in [2.05, 4.69) is 11.1 Å². The van der Waals surface area contributed by atoms with E-state index in [1.807, 2.05) is 0 Å². The van der Waals surface area contributed by atoms with Crippen LogP contribution in [-0.4, -0.2) is 18.0 Å². The highest BCUT2D eigenvalue weighted by Gasteiger charge is 2.07. The molecule has 0 heterocycles. The molecule has 0 fully saturated rings. The molecular weight excluding hydrogens is 122 g/mol. The summed E-state index contributed by atoms with van der Waals surface area (Å²) in [6.45, 7) is 1.45. The summed E-state index contributed by atoms with van der Waals surface area (Å²) >= 11 is 0. The highest BCUT2D eigenvalue weighted by molar-refractivity contribution is 5.84. The molecule has 0 spiro atoms. The van der Waals surface area contributed by atoms with Crippen LogP contribution in [0.4, 0.5) is 4.79 Å². The molecule has 3 amide bonds. The number of urea groups is 1. The van der Waals surface area contributed by atoms with E-state index < -0.39 is 18.0 Å². The van der Waals surface area contributed by atoms with Gasteiger partial charge in [0, 0.05) is 0 Å². The number of rotatable bonds is 2. The molecule has 0 aliphatic heterocycles. The Morgan fingerprint density at radius 3 is 2.00 bits per heavy atom. The number of carbonyl (C=O) groups is 2. The Morgan fingerprint density at radius 2 is 1.89 bits per heavy atom. The first-order valence-corrected chi connectivity index (χ1v) is 2.39. The van der Waals surface area contributed by atoms with E-state index in [4.69, 9.17) is 5.73 Å². The lowest BCUT2D eigenvalue weighted by molar-refractivity contribution is -0.119. The Morgan fingerprint density at radius 1 is 1.44 bits per heavy atom. The number of primary amides is 2. The molecule has 0 bridgehead atoms. The Kier molecular flexibility index (Phi) is 2.50. The van der Waals surface area contributed by atoms with Gasteiger partial charge in [-0.2, -0.15) is 0 Å². The Balaban J connectivity index is 3.63. The molecule has 0 aliphatic rings. The number of carbonyl (C=O) groups excluding carboxylic acids is 2. The van der Waals surface area contributed by atoms with Crippen molar-refractivity contribution >= 4 is 11.9 Å². The maximum atomic E-state index is 10.2. The van der Waals surface area contributed by atoms with Crippen LogP contribution in [0.25, 0.3) is 0 Å². The van der Waals surface area contributed by atoms with Gasteiger partial charge >= 0.3 is 6.03 Å². The third-order valence-electron chi connectivity index (χ3n) is 0.786. The summed E-state index contributed by atoms with van der Waals surface area (Å²) in [5, 5.41) is 2.11. The molecule has 0 aromatic rings. The van der Waals surface area contributed by atoms with Crippen molar-refractivity contribution in [3.05, 3.63) is 0 Å².